The van der Waals surface area contributed by atoms with E-state index in [0.29, 0.717) is 125 Å². The normalized spacial score (nSPS) is 11.0. The Kier molecular flexibility index (Phi) is 27.7. The topological polar surface area (TPSA) is 120 Å². The average molecular weight is 454 g/mol. The fourth-order valence-electron chi connectivity index (χ4n) is 1.96. The maximum Gasteiger partial charge on any atom is 0.207 e. The summed E-state index contributed by atoms with van der Waals surface area (Å²) in [6, 6.07) is 0. The number of nitrogens with one attached hydrogen (secondary N) is 1. The van der Waals surface area contributed by atoms with Gasteiger partial charge in [0.1, 0.15) is 6.29 Å². The molecule has 0 aromatic carbocycles. The molecule has 0 unspecified atom stereocenters. The van der Waals surface area contributed by atoms with Crippen LogP contribution in [0.4, 0.5) is 0 Å². The van der Waals surface area contributed by atoms with Gasteiger partial charge in [0.25, 0.3) is 0 Å². The van der Waals surface area contributed by atoms with Crippen LogP contribution < -0.4 is 5.32 Å². The second-order valence-electron chi connectivity index (χ2n) is 5.93. The highest BCUT2D eigenvalue weighted by Crippen LogP contribution is 1.86. The Bertz CT molecular complexity index is 331. The maximum absolute atomic E-state index is 10.1. The molecule has 0 aliphatic heterocycles. The molecule has 0 spiro atoms. The zero-order chi connectivity index (χ0) is 22.5. The third kappa shape index (κ3) is 28.8. The SMILES string of the molecule is O=CCCOCCOCCOCCOCCOCCOCCOCCOCCNC=O. The summed E-state index contributed by atoms with van der Waals surface area (Å²) in [6.45, 7) is 8.39. The Morgan fingerprint density at radius 3 is 1.00 bits per heavy atom. The zero-order valence-corrected chi connectivity index (χ0v) is 18.5. The summed E-state index contributed by atoms with van der Waals surface area (Å²) >= 11 is 0. The molecule has 0 bridgehead atoms. The molecule has 0 saturated heterocycles. The maximum atomic E-state index is 10.1. The Balaban J connectivity index is 2.99. The minimum Gasteiger partial charge on any atom is -0.379 e. The first-order chi connectivity index (χ1) is 15.4. The van der Waals surface area contributed by atoms with Crippen LogP contribution in [0.3, 0.4) is 0 Å². The van der Waals surface area contributed by atoms with E-state index in [-0.39, 0.29) is 0 Å². The van der Waals surface area contributed by atoms with E-state index in [9.17, 15) is 9.59 Å². The second-order valence-corrected chi connectivity index (χ2v) is 5.93. The highest BCUT2D eigenvalue weighted by Gasteiger charge is 1.95. The van der Waals surface area contributed by atoms with Crippen molar-refractivity contribution in [3.63, 3.8) is 0 Å². The van der Waals surface area contributed by atoms with Crippen molar-refractivity contribution in [2.24, 2.45) is 0 Å². The number of carbonyl (C=O) groups is 2. The van der Waals surface area contributed by atoms with Crippen LogP contribution in [-0.4, -0.2) is 125 Å². The lowest BCUT2D eigenvalue weighted by Crippen LogP contribution is -2.19. The van der Waals surface area contributed by atoms with E-state index in [0.717, 1.165) is 6.29 Å². The van der Waals surface area contributed by atoms with E-state index in [4.69, 9.17) is 37.9 Å². The van der Waals surface area contributed by atoms with Gasteiger partial charge in [-0.05, 0) is 0 Å². The van der Waals surface area contributed by atoms with Crippen LogP contribution in [0.5, 0.6) is 0 Å². The molecule has 1 N–H and O–H groups in total. The van der Waals surface area contributed by atoms with Gasteiger partial charge < -0.3 is 48.0 Å². The van der Waals surface area contributed by atoms with Crippen molar-refractivity contribution in [1.29, 1.82) is 0 Å². The van der Waals surface area contributed by atoms with E-state index in [1.54, 1.807) is 0 Å². The Labute approximate surface area is 184 Å². The van der Waals surface area contributed by atoms with Crippen molar-refractivity contribution >= 4 is 12.7 Å². The van der Waals surface area contributed by atoms with Crippen LogP contribution in [-0.2, 0) is 47.5 Å². The molecule has 0 radical (unpaired) electrons. The van der Waals surface area contributed by atoms with Crippen molar-refractivity contribution < 1.29 is 47.5 Å². The number of ether oxygens (including phenoxy) is 8. The van der Waals surface area contributed by atoms with Gasteiger partial charge in [0.15, 0.2) is 0 Å². The molecule has 0 aromatic rings. The summed E-state index contributed by atoms with van der Waals surface area (Å²) in [5.41, 5.74) is 0. The fourth-order valence-corrected chi connectivity index (χ4v) is 1.96. The first-order valence-corrected chi connectivity index (χ1v) is 10.6. The van der Waals surface area contributed by atoms with Crippen LogP contribution in [0.1, 0.15) is 6.42 Å². The highest BCUT2D eigenvalue weighted by molar-refractivity contribution is 5.49. The molecular weight excluding hydrogens is 414 g/mol. The number of amides is 1. The molecule has 0 atom stereocenters. The summed E-state index contributed by atoms with van der Waals surface area (Å²) in [5, 5.41) is 2.51. The number of aldehydes is 1. The van der Waals surface area contributed by atoms with Gasteiger partial charge in [-0.2, -0.15) is 0 Å². The number of hydrogen-bond donors (Lipinski definition) is 1. The highest BCUT2D eigenvalue weighted by atomic mass is 16.6. The Hall–Kier alpha value is -1.18. The lowest BCUT2D eigenvalue weighted by Gasteiger charge is -2.08. The lowest BCUT2D eigenvalue weighted by molar-refractivity contribution is -0.110. The van der Waals surface area contributed by atoms with Crippen molar-refractivity contribution in [3.8, 4) is 0 Å². The van der Waals surface area contributed by atoms with Crippen molar-refractivity contribution in [2.75, 3.05) is 112 Å². The fraction of sp³-hybridized carbons (Fsp3) is 0.900. The molecule has 1 amide bonds. The molecule has 31 heavy (non-hydrogen) atoms. The number of hydrogen-bond acceptors (Lipinski definition) is 10. The third-order valence-electron chi connectivity index (χ3n) is 3.46. The van der Waals surface area contributed by atoms with Gasteiger partial charge in [0.05, 0.1) is 106 Å². The van der Waals surface area contributed by atoms with Crippen LogP contribution in [0.15, 0.2) is 0 Å². The van der Waals surface area contributed by atoms with Gasteiger partial charge in [0.2, 0.25) is 6.41 Å². The largest absolute Gasteiger partial charge is 0.379 e. The molecule has 0 heterocycles. The van der Waals surface area contributed by atoms with Gasteiger partial charge in [-0.15, -0.1) is 0 Å². The lowest BCUT2D eigenvalue weighted by atomic mass is 10.5. The molecule has 0 saturated carbocycles. The standard InChI is InChI=1S/C20H39NO10/c22-3-1-4-24-6-8-26-10-12-28-14-16-30-18-19-31-17-15-29-13-11-27-9-7-25-5-2-21-20-23/h3,20H,1-2,4-19H2,(H,21,23). The summed E-state index contributed by atoms with van der Waals surface area (Å²) in [7, 11) is 0. The van der Waals surface area contributed by atoms with Gasteiger partial charge in [-0.1, -0.05) is 0 Å². The summed E-state index contributed by atoms with van der Waals surface area (Å²) in [6.07, 6.45) is 1.89. The number of carbonyl (C=O) groups excluding carboxylic acids is 2. The molecule has 184 valence electrons. The summed E-state index contributed by atoms with van der Waals surface area (Å²) < 4.78 is 42.6. The Morgan fingerprint density at radius 2 is 0.710 bits per heavy atom. The van der Waals surface area contributed by atoms with Crippen LogP contribution in [0, 0.1) is 0 Å². The molecule has 11 nitrogen and oxygen atoms in total. The Morgan fingerprint density at radius 1 is 0.419 bits per heavy atom. The molecule has 0 aromatic heterocycles. The summed E-state index contributed by atoms with van der Waals surface area (Å²) in [5.74, 6) is 0. The van der Waals surface area contributed by atoms with Gasteiger partial charge in [-0.25, -0.2) is 0 Å². The van der Waals surface area contributed by atoms with Crippen molar-refractivity contribution in [2.45, 2.75) is 6.42 Å². The first kappa shape index (κ1) is 29.8. The predicted molar refractivity (Wildman–Crippen MR) is 111 cm³/mol. The smallest absolute Gasteiger partial charge is 0.207 e. The van der Waals surface area contributed by atoms with E-state index in [2.05, 4.69) is 5.32 Å². The quantitative estimate of drug-likeness (QED) is 0.122. The van der Waals surface area contributed by atoms with Gasteiger partial charge in [0, 0.05) is 13.0 Å². The van der Waals surface area contributed by atoms with Crippen LogP contribution in [0.25, 0.3) is 0 Å². The monoisotopic (exact) mass is 453 g/mol. The molecule has 11 heteroatoms. The minimum atomic E-state index is 0.416. The first-order valence-electron chi connectivity index (χ1n) is 10.6. The van der Waals surface area contributed by atoms with E-state index >= 15 is 0 Å². The summed E-state index contributed by atoms with van der Waals surface area (Å²) in [4.78, 5) is 20.1. The number of rotatable bonds is 28. The third-order valence-corrected chi connectivity index (χ3v) is 3.46. The molecule has 0 rings (SSSR count). The molecular formula is C20H39NO10. The van der Waals surface area contributed by atoms with Crippen molar-refractivity contribution in [3.05, 3.63) is 0 Å². The van der Waals surface area contributed by atoms with Crippen LogP contribution >= 0.6 is 0 Å². The predicted octanol–water partition coefficient (Wildman–Crippen LogP) is -0.546. The van der Waals surface area contributed by atoms with E-state index < -0.39 is 0 Å². The van der Waals surface area contributed by atoms with Crippen LogP contribution in [0.2, 0.25) is 0 Å². The van der Waals surface area contributed by atoms with E-state index in [1.807, 2.05) is 0 Å². The minimum absolute atomic E-state index is 0.416. The van der Waals surface area contributed by atoms with E-state index in [1.165, 1.54) is 0 Å². The molecule has 0 aliphatic rings. The van der Waals surface area contributed by atoms with Gasteiger partial charge in [-0.3, -0.25) is 4.79 Å². The second kappa shape index (κ2) is 28.8. The zero-order valence-electron chi connectivity index (χ0n) is 18.5. The molecule has 0 fully saturated rings. The average Bonchev–Trinajstić information content (AvgIpc) is 2.78. The van der Waals surface area contributed by atoms with Gasteiger partial charge >= 0.3 is 0 Å². The molecule has 0 aliphatic carbocycles. The van der Waals surface area contributed by atoms with Crippen molar-refractivity contribution in [1.82, 2.24) is 5.32 Å².